The van der Waals surface area contributed by atoms with Crippen molar-refractivity contribution in [3.63, 3.8) is 0 Å². The van der Waals surface area contributed by atoms with Crippen molar-refractivity contribution in [2.24, 2.45) is 11.3 Å². The molecule has 0 aromatic heterocycles. The van der Waals surface area contributed by atoms with E-state index in [0.29, 0.717) is 0 Å². The lowest BCUT2D eigenvalue weighted by Gasteiger charge is -2.48. The average Bonchev–Trinajstić information content (AvgIpc) is 2.61. The van der Waals surface area contributed by atoms with Gasteiger partial charge in [-0.3, -0.25) is 9.59 Å². The SMILES string of the molecule is C[C@@H]1CC(=O)CC(C)(C)[C@@]1(O)/C=C/C(=O)CO[C@@H]1O[C@H](CO)[C@@H](O)[C@H](O)[C@H]1O. The maximum absolute atomic E-state index is 12.2. The van der Waals surface area contributed by atoms with Crippen molar-refractivity contribution in [1.29, 1.82) is 0 Å². The van der Waals surface area contributed by atoms with Gasteiger partial charge in [0.05, 0.1) is 12.2 Å². The third kappa shape index (κ3) is 4.51. The van der Waals surface area contributed by atoms with Gasteiger partial charge in [-0.2, -0.15) is 0 Å². The molecular formula is C19H30O9. The number of aliphatic hydroxyl groups excluding tert-OH is 4. The van der Waals surface area contributed by atoms with Crippen LogP contribution in [0.15, 0.2) is 12.2 Å². The molecule has 1 saturated heterocycles. The molecule has 0 amide bonds. The predicted molar refractivity (Wildman–Crippen MR) is 96.0 cm³/mol. The van der Waals surface area contributed by atoms with E-state index in [9.17, 15) is 30.0 Å². The van der Waals surface area contributed by atoms with Crippen LogP contribution in [0.4, 0.5) is 0 Å². The Kier molecular flexibility index (Phi) is 7.14. The van der Waals surface area contributed by atoms with Crippen molar-refractivity contribution in [2.75, 3.05) is 13.2 Å². The van der Waals surface area contributed by atoms with Gasteiger partial charge in [0.15, 0.2) is 12.1 Å². The molecule has 9 heteroatoms. The van der Waals surface area contributed by atoms with Gasteiger partial charge in [0.25, 0.3) is 0 Å². The highest BCUT2D eigenvalue weighted by molar-refractivity contribution is 5.91. The molecule has 0 aromatic carbocycles. The molecule has 0 aromatic rings. The zero-order valence-electron chi connectivity index (χ0n) is 16.3. The van der Waals surface area contributed by atoms with Crippen LogP contribution in [0.1, 0.15) is 33.6 Å². The standard InChI is InChI=1S/C19H30O9/c1-10-6-12(22)7-18(2,3)19(10,26)5-4-11(21)9-27-17-16(25)15(24)14(23)13(8-20)28-17/h4-5,10,13-17,20,23-26H,6-9H2,1-3H3/b5-4+/t10-,13-,14-,15+,16-,17-,19-/m1/s1. The Morgan fingerprint density at radius 1 is 1.25 bits per heavy atom. The summed E-state index contributed by atoms with van der Waals surface area (Å²) in [5.41, 5.74) is -2.09. The number of ether oxygens (including phenoxy) is 2. The second kappa shape index (κ2) is 8.66. The number of ketones is 2. The molecule has 2 fully saturated rings. The van der Waals surface area contributed by atoms with E-state index in [1.165, 1.54) is 6.08 Å². The summed E-state index contributed by atoms with van der Waals surface area (Å²) < 4.78 is 10.3. The van der Waals surface area contributed by atoms with Crippen LogP contribution in [0, 0.1) is 11.3 Å². The van der Waals surface area contributed by atoms with Crippen molar-refractivity contribution in [1.82, 2.24) is 0 Å². The van der Waals surface area contributed by atoms with Crippen molar-refractivity contribution in [3.05, 3.63) is 12.2 Å². The van der Waals surface area contributed by atoms with Gasteiger partial charge in [-0.25, -0.2) is 0 Å². The molecule has 0 spiro atoms. The highest BCUT2D eigenvalue weighted by atomic mass is 16.7. The maximum atomic E-state index is 12.2. The highest BCUT2D eigenvalue weighted by Crippen LogP contribution is 2.46. The van der Waals surface area contributed by atoms with Crippen LogP contribution in [-0.2, 0) is 19.1 Å². The fraction of sp³-hybridized carbons (Fsp3) is 0.789. The molecule has 5 N–H and O–H groups in total. The first kappa shape index (κ1) is 23.1. The Bertz CT molecular complexity index is 615. The summed E-state index contributed by atoms with van der Waals surface area (Å²) in [6, 6.07) is 0. The average molecular weight is 402 g/mol. The van der Waals surface area contributed by atoms with Crippen LogP contribution >= 0.6 is 0 Å². The van der Waals surface area contributed by atoms with Crippen molar-refractivity contribution in [2.45, 2.75) is 69.9 Å². The number of carbonyl (C=O) groups is 2. The predicted octanol–water partition coefficient (Wildman–Crippen LogP) is -1.32. The lowest BCUT2D eigenvalue weighted by Crippen LogP contribution is -2.59. The first-order valence-electron chi connectivity index (χ1n) is 9.31. The summed E-state index contributed by atoms with van der Waals surface area (Å²) in [5, 5.41) is 49.5. The number of hydrogen-bond acceptors (Lipinski definition) is 9. The third-order valence-electron chi connectivity index (χ3n) is 5.77. The summed E-state index contributed by atoms with van der Waals surface area (Å²) in [4.78, 5) is 24.0. The van der Waals surface area contributed by atoms with Gasteiger partial charge in [0.2, 0.25) is 0 Å². The highest BCUT2D eigenvalue weighted by Gasteiger charge is 2.50. The molecule has 7 atom stereocenters. The number of rotatable bonds is 6. The summed E-state index contributed by atoms with van der Waals surface area (Å²) in [5.74, 6) is -0.822. The molecule has 160 valence electrons. The van der Waals surface area contributed by atoms with Gasteiger partial charge in [-0.05, 0) is 18.1 Å². The molecule has 9 nitrogen and oxygen atoms in total. The van der Waals surface area contributed by atoms with E-state index in [2.05, 4.69) is 0 Å². The second-order valence-electron chi connectivity index (χ2n) is 8.34. The first-order valence-corrected chi connectivity index (χ1v) is 9.31. The minimum Gasteiger partial charge on any atom is -0.394 e. The van der Waals surface area contributed by atoms with E-state index in [1.54, 1.807) is 20.8 Å². The lowest BCUT2D eigenvalue weighted by molar-refractivity contribution is -0.298. The van der Waals surface area contributed by atoms with Gasteiger partial charge in [0, 0.05) is 18.3 Å². The molecule has 1 heterocycles. The van der Waals surface area contributed by atoms with Crippen molar-refractivity contribution < 1.29 is 44.6 Å². The Morgan fingerprint density at radius 2 is 1.89 bits per heavy atom. The number of Topliss-reactive ketones (excluding diaryl/α,β-unsaturated/α-hetero) is 1. The van der Waals surface area contributed by atoms with Gasteiger partial charge >= 0.3 is 0 Å². The molecule has 1 aliphatic carbocycles. The Hall–Kier alpha value is -1.20. The van der Waals surface area contributed by atoms with Gasteiger partial charge in [-0.15, -0.1) is 0 Å². The molecule has 2 rings (SSSR count). The van der Waals surface area contributed by atoms with E-state index in [4.69, 9.17) is 14.6 Å². The molecule has 0 bridgehead atoms. The lowest BCUT2D eigenvalue weighted by atomic mass is 9.60. The van der Waals surface area contributed by atoms with Crippen LogP contribution in [0.25, 0.3) is 0 Å². The molecule has 0 radical (unpaired) electrons. The topological polar surface area (TPSA) is 154 Å². The van der Waals surface area contributed by atoms with Gasteiger partial charge in [-0.1, -0.05) is 20.8 Å². The fourth-order valence-corrected chi connectivity index (χ4v) is 3.90. The van der Waals surface area contributed by atoms with Gasteiger partial charge < -0.3 is 35.0 Å². The van der Waals surface area contributed by atoms with Crippen LogP contribution in [0.3, 0.4) is 0 Å². The van der Waals surface area contributed by atoms with Crippen molar-refractivity contribution in [3.8, 4) is 0 Å². The fourth-order valence-electron chi connectivity index (χ4n) is 3.90. The maximum Gasteiger partial charge on any atom is 0.187 e. The Morgan fingerprint density at radius 3 is 2.46 bits per heavy atom. The van der Waals surface area contributed by atoms with Gasteiger partial charge in [0.1, 0.15) is 36.8 Å². The van der Waals surface area contributed by atoms with E-state index in [1.807, 2.05) is 0 Å². The Labute approximate surface area is 163 Å². The quantitative estimate of drug-likeness (QED) is 0.341. The minimum atomic E-state index is -1.60. The summed E-state index contributed by atoms with van der Waals surface area (Å²) in [6.45, 7) is 4.16. The number of hydrogen-bond donors (Lipinski definition) is 5. The number of aliphatic hydroxyl groups is 5. The van der Waals surface area contributed by atoms with Crippen LogP contribution in [0.2, 0.25) is 0 Å². The van der Waals surface area contributed by atoms with Crippen LogP contribution in [0.5, 0.6) is 0 Å². The summed E-state index contributed by atoms with van der Waals surface area (Å²) in [6.07, 6.45) is -4.27. The molecule has 1 saturated carbocycles. The van der Waals surface area contributed by atoms with Crippen molar-refractivity contribution >= 4 is 11.6 Å². The molecule has 28 heavy (non-hydrogen) atoms. The zero-order valence-corrected chi connectivity index (χ0v) is 16.3. The molecule has 2 aliphatic rings. The Balaban J connectivity index is 1.99. The monoisotopic (exact) mass is 402 g/mol. The first-order chi connectivity index (χ1) is 12.9. The smallest absolute Gasteiger partial charge is 0.187 e. The second-order valence-corrected chi connectivity index (χ2v) is 8.34. The van der Waals surface area contributed by atoms with E-state index in [-0.39, 0.29) is 24.5 Å². The van der Waals surface area contributed by atoms with E-state index < -0.39 is 60.7 Å². The molecule has 1 aliphatic heterocycles. The summed E-state index contributed by atoms with van der Waals surface area (Å²) in [7, 11) is 0. The zero-order chi connectivity index (χ0) is 21.3. The molecular weight excluding hydrogens is 372 g/mol. The van der Waals surface area contributed by atoms with E-state index >= 15 is 0 Å². The summed E-state index contributed by atoms with van der Waals surface area (Å²) >= 11 is 0. The normalized spacial score (nSPS) is 41.4. The largest absolute Gasteiger partial charge is 0.394 e. The third-order valence-corrected chi connectivity index (χ3v) is 5.77. The molecule has 0 unspecified atom stereocenters. The van der Waals surface area contributed by atoms with Crippen LogP contribution < -0.4 is 0 Å². The number of carbonyl (C=O) groups excluding carboxylic acids is 2. The van der Waals surface area contributed by atoms with Crippen LogP contribution in [-0.4, -0.2) is 86.6 Å². The minimum absolute atomic E-state index is 0.0628. The van der Waals surface area contributed by atoms with E-state index in [0.717, 1.165) is 6.08 Å².